The molecule has 1 atom stereocenters. The highest BCUT2D eigenvalue weighted by Crippen LogP contribution is 2.26. The first-order valence-corrected chi connectivity index (χ1v) is 10.3. The van der Waals surface area contributed by atoms with Crippen LogP contribution in [0.4, 0.5) is 10.2 Å². The summed E-state index contributed by atoms with van der Waals surface area (Å²) in [6.45, 7) is 1.95. The van der Waals surface area contributed by atoms with E-state index in [1.807, 2.05) is 6.92 Å². The van der Waals surface area contributed by atoms with Gasteiger partial charge in [0, 0.05) is 5.02 Å². The molecule has 5 aromatic rings. The third-order valence-electron chi connectivity index (χ3n) is 5.21. The lowest BCUT2D eigenvalue weighted by molar-refractivity contribution is 0.630. The molecule has 0 saturated carbocycles. The zero-order valence-corrected chi connectivity index (χ0v) is 17.6. The van der Waals surface area contributed by atoms with Gasteiger partial charge in [0.1, 0.15) is 28.9 Å². The van der Waals surface area contributed by atoms with Gasteiger partial charge in [-0.2, -0.15) is 0 Å². The van der Waals surface area contributed by atoms with Crippen LogP contribution in [0.5, 0.6) is 0 Å². The highest BCUT2D eigenvalue weighted by atomic mass is 35.5. The predicted molar refractivity (Wildman–Crippen MR) is 121 cm³/mol. The average Bonchev–Trinajstić information content (AvgIpc) is 3.28. The number of nitrogens with zero attached hydrogens (tertiary/aromatic N) is 5. The van der Waals surface area contributed by atoms with Crippen molar-refractivity contribution < 1.29 is 4.39 Å². The highest BCUT2D eigenvalue weighted by Gasteiger charge is 2.23. The van der Waals surface area contributed by atoms with E-state index in [9.17, 15) is 9.18 Å². The van der Waals surface area contributed by atoms with E-state index in [-0.39, 0.29) is 10.9 Å². The standard InChI is InChI=1S/C22H17ClFN7O/c1-2-15(29-20-18-19(26-10-25-18)27-11-28-20)21-30-16-5-3-4-14(24)17(16)22(32)31(21)13-8-6-12(23)7-9-13/h3-11,15H,2H2,1H3,(H2,25,26,27,28,29). The van der Waals surface area contributed by atoms with Crippen LogP contribution in [0.25, 0.3) is 27.8 Å². The summed E-state index contributed by atoms with van der Waals surface area (Å²) in [4.78, 5) is 33.8. The quantitative estimate of drug-likeness (QED) is 0.412. The number of imidazole rings is 1. The molecule has 1 unspecified atom stereocenters. The molecule has 0 saturated heterocycles. The number of aromatic amines is 1. The van der Waals surface area contributed by atoms with Crippen LogP contribution in [-0.4, -0.2) is 29.5 Å². The second-order valence-corrected chi connectivity index (χ2v) is 7.58. The van der Waals surface area contributed by atoms with E-state index < -0.39 is 17.4 Å². The first kappa shape index (κ1) is 20.1. The number of benzene rings is 2. The number of anilines is 1. The van der Waals surface area contributed by atoms with Crippen molar-refractivity contribution in [2.24, 2.45) is 0 Å². The van der Waals surface area contributed by atoms with Crippen LogP contribution in [0, 0.1) is 5.82 Å². The van der Waals surface area contributed by atoms with Gasteiger partial charge in [-0.15, -0.1) is 0 Å². The lowest BCUT2D eigenvalue weighted by Gasteiger charge is -2.22. The normalized spacial score (nSPS) is 12.3. The molecule has 0 fully saturated rings. The summed E-state index contributed by atoms with van der Waals surface area (Å²) in [7, 11) is 0. The zero-order valence-electron chi connectivity index (χ0n) is 16.9. The molecule has 5 rings (SSSR count). The summed E-state index contributed by atoms with van der Waals surface area (Å²) in [5.41, 5.74) is 1.46. The molecule has 0 radical (unpaired) electrons. The van der Waals surface area contributed by atoms with E-state index in [0.29, 0.717) is 39.9 Å². The molecule has 8 nitrogen and oxygen atoms in total. The second-order valence-electron chi connectivity index (χ2n) is 7.15. The second kappa shape index (κ2) is 8.01. The molecule has 0 spiro atoms. The molecule has 32 heavy (non-hydrogen) atoms. The Bertz CT molecular complexity index is 1500. The Morgan fingerprint density at radius 2 is 1.97 bits per heavy atom. The molecular weight excluding hydrogens is 433 g/mol. The number of H-pyrrole nitrogens is 1. The number of aromatic nitrogens is 6. The van der Waals surface area contributed by atoms with Crippen molar-refractivity contribution in [3.8, 4) is 5.69 Å². The van der Waals surface area contributed by atoms with Gasteiger partial charge >= 0.3 is 0 Å². The fraction of sp³-hybridized carbons (Fsp3) is 0.136. The highest BCUT2D eigenvalue weighted by molar-refractivity contribution is 6.30. The van der Waals surface area contributed by atoms with E-state index in [1.54, 1.807) is 30.3 Å². The van der Waals surface area contributed by atoms with Crippen LogP contribution < -0.4 is 10.9 Å². The van der Waals surface area contributed by atoms with Crippen LogP contribution in [-0.2, 0) is 0 Å². The number of rotatable bonds is 5. The van der Waals surface area contributed by atoms with Crippen molar-refractivity contribution in [1.82, 2.24) is 29.5 Å². The molecule has 2 N–H and O–H groups in total. The molecule has 3 aromatic heterocycles. The molecule has 0 bridgehead atoms. The van der Waals surface area contributed by atoms with Crippen LogP contribution in [0.2, 0.25) is 5.02 Å². The first-order chi connectivity index (χ1) is 15.6. The van der Waals surface area contributed by atoms with Crippen LogP contribution in [0.3, 0.4) is 0 Å². The Morgan fingerprint density at radius 3 is 2.75 bits per heavy atom. The first-order valence-electron chi connectivity index (χ1n) is 9.94. The molecular formula is C22H17ClFN7O. The minimum absolute atomic E-state index is 0.0715. The number of hydrogen-bond donors (Lipinski definition) is 2. The van der Waals surface area contributed by atoms with Gasteiger partial charge in [-0.1, -0.05) is 24.6 Å². The van der Waals surface area contributed by atoms with Crippen molar-refractivity contribution in [3.05, 3.63) is 82.1 Å². The van der Waals surface area contributed by atoms with Gasteiger partial charge in [0.25, 0.3) is 5.56 Å². The largest absolute Gasteiger partial charge is 0.358 e. The van der Waals surface area contributed by atoms with Gasteiger partial charge < -0.3 is 10.3 Å². The molecule has 3 heterocycles. The Morgan fingerprint density at radius 1 is 1.16 bits per heavy atom. The fourth-order valence-corrected chi connectivity index (χ4v) is 3.79. The van der Waals surface area contributed by atoms with Gasteiger partial charge in [-0.05, 0) is 42.8 Å². The molecule has 0 amide bonds. The lowest BCUT2D eigenvalue weighted by atomic mass is 10.1. The van der Waals surface area contributed by atoms with Crippen molar-refractivity contribution in [2.75, 3.05) is 5.32 Å². The summed E-state index contributed by atoms with van der Waals surface area (Å²) in [5, 5.41) is 3.78. The lowest BCUT2D eigenvalue weighted by Crippen LogP contribution is -2.28. The Balaban J connectivity index is 1.74. The van der Waals surface area contributed by atoms with Crippen molar-refractivity contribution in [3.63, 3.8) is 0 Å². The molecule has 0 aliphatic rings. The maximum absolute atomic E-state index is 14.6. The summed E-state index contributed by atoms with van der Waals surface area (Å²) >= 11 is 6.04. The minimum atomic E-state index is -0.621. The van der Waals surface area contributed by atoms with E-state index in [4.69, 9.17) is 11.6 Å². The topological polar surface area (TPSA) is 101 Å². The Labute approximate surface area is 186 Å². The minimum Gasteiger partial charge on any atom is -0.358 e. The maximum Gasteiger partial charge on any atom is 0.269 e. The maximum atomic E-state index is 14.6. The summed E-state index contributed by atoms with van der Waals surface area (Å²) in [6.07, 6.45) is 3.52. The van der Waals surface area contributed by atoms with Gasteiger partial charge in [-0.25, -0.2) is 24.3 Å². The van der Waals surface area contributed by atoms with Crippen molar-refractivity contribution in [1.29, 1.82) is 0 Å². The smallest absolute Gasteiger partial charge is 0.269 e. The average molecular weight is 450 g/mol. The van der Waals surface area contributed by atoms with Crippen LogP contribution in [0.15, 0.2) is 59.9 Å². The van der Waals surface area contributed by atoms with E-state index in [0.717, 1.165) is 0 Å². The SMILES string of the molecule is CCC(Nc1ncnc2[nH]cnc12)c1nc2cccc(F)c2c(=O)n1-c1ccc(Cl)cc1. The summed E-state index contributed by atoms with van der Waals surface area (Å²) in [5.74, 6) is 0.295. The molecule has 0 aliphatic carbocycles. The van der Waals surface area contributed by atoms with Gasteiger partial charge in [-0.3, -0.25) is 9.36 Å². The number of hydrogen-bond acceptors (Lipinski definition) is 6. The Hall–Kier alpha value is -3.85. The fourth-order valence-electron chi connectivity index (χ4n) is 3.66. The van der Waals surface area contributed by atoms with Crippen molar-refractivity contribution >= 4 is 39.5 Å². The van der Waals surface area contributed by atoms with E-state index in [2.05, 4.69) is 30.2 Å². The Kier molecular flexibility index (Phi) is 5.02. The summed E-state index contributed by atoms with van der Waals surface area (Å²) < 4.78 is 16.0. The van der Waals surface area contributed by atoms with Crippen LogP contribution >= 0.6 is 11.6 Å². The van der Waals surface area contributed by atoms with Gasteiger partial charge in [0.15, 0.2) is 11.5 Å². The van der Waals surface area contributed by atoms with Gasteiger partial charge in [0.2, 0.25) is 0 Å². The van der Waals surface area contributed by atoms with Gasteiger partial charge in [0.05, 0.1) is 23.6 Å². The molecule has 160 valence electrons. The summed E-state index contributed by atoms with van der Waals surface area (Å²) in [6, 6.07) is 10.7. The molecule has 0 aliphatic heterocycles. The monoisotopic (exact) mass is 449 g/mol. The number of nitrogens with one attached hydrogen (secondary N) is 2. The number of halogens is 2. The third kappa shape index (κ3) is 3.36. The predicted octanol–water partition coefficient (Wildman–Crippen LogP) is 4.41. The number of fused-ring (bicyclic) bond motifs is 2. The van der Waals surface area contributed by atoms with Crippen LogP contribution in [0.1, 0.15) is 25.2 Å². The zero-order chi connectivity index (χ0) is 22.2. The molecule has 10 heteroatoms. The third-order valence-corrected chi connectivity index (χ3v) is 5.46. The van der Waals surface area contributed by atoms with E-state index in [1.165, 1.54) is 29.4 Å². The molecule has 2 aromatic carbocycles. The van der Waals surface area contributed by atoms with Crippen molar-refractivity contribution in [2.45, 2.75) is 19.4 Å². The van der Waals surface area contributed by atoms with E-state index >= 15 is 0 Å².